The van der Waals surface area contributed by atoms with E-state index in [2.05, 4.69) is 30.9 Å². The van der Waals surface area contributed by atoms with E-state index in [0.717, 1.165) is 0 Å². The van der Waals surface area contributed by atoms with Crippen LogP contribution in [0.1, 0.15) is 27.8 Å². The summed E-state index contributed by atoms with van der Waals surface area (Å²) in [7, 11) is 6.27. The first-order chi connectivity index (χ1) is 19.1. The van der Waals surface area contributed by atoms with Crippen LogP contribution in [0.4, 0.5) is 27.4 Å². The number of hydrogen-bond acceptors (Lipinski definition) is 10. The van der Waals surface area contributed by atoms with Gasteiger partial charge >= 0.3 is 0 Å². The Bertz CT molecular complexity index is 1550. The lowest BCUT2D eigenvalue weighted by Crippen LogP contribution is -2.24. The van der Waals surface area contributed by atoms with Gasteiger partial charge in [-0.3, -0.25) is 14.3 Å². The number of ether oxygens (including phenoxy) is 2. The number of methoxy groups -OCH3 is 1. The van der Waals surface area contributed by atoms with Gasteiger partial charge < -0.3 is 30.7 Å². The van der Waals surface area contributed by atoms with Crippen molar-refractivity contribution in [2.24, 2.45) is 12.8 Å². The summed E-state index contributed by atoms with van der Waals surface area (Å²) in [5.41, 5.74) is 6.94. The zero-order valence-corrected chi connectivity index (χ0v) is 22.5. The first-order valence-electron chi connectivity index (χ1n) is 12.0. The molecule has 3 heterocycles. The molecule has 0 aliphatic carbocycles. The van der Waals surface area contributed by atoms with Gasteiger partial charge in [0.25, 0.3) is 11.8 Å². The molecule has 0 fully saturated rings. The van der Waals surface area contributed by atoms with Gasteiger partial charge in [0.1, 0.15) is 17.3 Å². The normalized spacial score (nSPS) is 10.7. The molecule has 0 saturated heterocycles. The number of aryl methyl sites for hydroxylation is 1. The highest BCUT2D eigenvalue weighted by molar-refractivity contribution is 6.00. The summed E-state index contributed by atoms with van der Waals surface area (Å²) in [6, 6.07) is 8.80. The van der Waals surface area contributed by atoms with E-state index in [1.54, 1.807) is 39.3 Å². The average Bonchev–Trinajstić information content (AvgIpc) is 3.30. The SMILES string of the molecule is CCOc1ccc(Nc2cc(Nc3cc(F)cc(-c4cc(C(=O)N(C)C)n(C)n4)c3OC)c(C(N)=O)cn2)nn1. The van der Waals surface area contributed by atoms with Crippen LogP contribution in [-0.2, 0) is 7.05 Å². The Morgan fingerprint density at radius 2 is 1.85 bits per heavy atom. The second-order valence-electron chi connectivity index (χ2n) is 8.69. The Hall–Kier alpha value is -5.27. The Labute approximate surface area is 229 Å². The molecule has 0 spiro atoms. The number of nitrogens with zero attached hydrogens (tertiary/aromatic N) is 6. The van der Waals surface area contributed by atoms with Gasteiger partial charge in [0.15, 0.2) is 11.6 Å². The predicted octanol–water partition coefficient (Wildman–Crippen LogP) is 3.11. The number of carbonyl (C=O) groups excluding carboxylic acids is 2. The first kappa shape index (κ1) is 27.8. The second kappa shape index (κ2) is 11.6. The van der Waals surface area contributed by atoms with Crippen molar-refractivity contribution in [1.82, 2.24) is 29.9 Å². The van der Waals surface area contributed by atoms with Crippen molar-refractivity contribution < 1.29 is 23.5 Å². The Morgan fingerprint density at radius 1 is 1.07 bits per heavy atom. The van der Waals surface area contributed by atoms with Gasteiger partial charge in [-0.15, -0.1) is 10.2 Å². The quantitative estimate of drug-likeness (QED) is 0.268. The fraction of sp³-hybridized carbons (Fsp3) is 0.231. The van der Waals surface area contributed by atoms with Gasteiger partial charge in [-0.25, -0.2) is 9.37 Å². The van der Waals surface area contributed by atoms with Gasteiger partial charge in [-0.05, 0) is 25.1 Å². The van der Waals surface area contributed by atoms with Crippen molar-refractivity contribution >= 4 is 34.8 Å². The molecule has 0 saturated carbocycles. The summed E-state index contributed by atoms with van der Waals surface area (Å²) < 4.78 is 27.2. The minimum Gasteiger partial charge on any atom is -0.494 e. The number of hydrogen-bond donors (Lipinski definition) is 3. The smallest absolute Gasteiger partial charge is 0.271 e. The standard InChI is InChI=1S/C26H28FN9O4/c1-6-40-23-8-7-21(32-33-23)31-22-12-17(16(13-29-22)25(28)37)30-19-10-14(27)9-15(24(19)39-5)18-11-20(36(4)34-18)26(38)35(2)3/h7-13H,6H2,1-5H3,(H2,28,37)(H2,29,30,31,32). The predicted molar refractivity (Wildman–Crippen MR) is 146 cm³/mol. The number of nitrogens with two attached hydrogens (primary N) is 1. The fourth-order valence-corrected chi connectivity index (χ4v) is 3.84. The van der Waals surface area contributed by atoms with Crippen molar-refractivity contribution in [3.8, 4) is 22.9 Å². The summed E-state index contributed by atoms with van der Waals surface area (Å²) in [5.74, 6) is -0.363. The number of nitrogens with one attached hydrogen (secondary N) is 2. The third-order valence-corrected chi connectivity index (χ3v) is 5.67. The van der Waals surface area contributed by atoms with E-state index in [4.69, 9.17) is 15.2 Å². The summed E-state index contributed by atoms with van der Waals surface area (Å²) in [6.07, 6.45) is 1.28. The molecule has 0 radical (unpaired) electrons. The zero-order chi connectivity index (χ0) is 29.0. The number of pyridine rings is 1. The number of carbonyl (C=O) groups is 2. The molecule has 0 unspecified atom stereocenters. The Balaban J connectivity index is 1.72. The third kappa shape index (κ3) is 5.90. The van der Waals surface area contributed by atoms with Crippen LogP contribution in [0, 0.1) is 5.82 Å². The average molecular weight is 550 g/mol. The molecule has 0 atom stereocenters. The number of primary amides is 1. The number of aromatic nitrogens is 5. The molecular weight excluding hydrogens is 521 g/mol. The molecule has 13 nitrogen and oxygen atoms in total. The fourth-order valence-electron chi connectivity index (χ4n) is 3.84. The van der Waals surface area contributed by atoms with Crippen molar-refractivity contribution in [2.45, 2.75) is 6.92 Å². The van der Waals surface area contributed by atoms with Crippen LogP contribution < -0.4 is 25.8 Å². The van der Waals surface area contributed by atoms with E-state index in [-0.39, 0.29) is 34.2 Å². The van der Waals surface area contributed by atoms with Gasteiger partial charge in [0.2, 0.25) is 5.88 Å². The second-order valence-corrected chi connectivity index (χ2v) is 8.69. The largest absolute Gasteiger partial charge is 0.494 e. The summed E-state index contributed by atoms with van der Waals surface area (Å²) in [5, 5.41) is 18.4. The molecule has 0 bridgehead atoms. The van der Waals surface area contributed by atoms with Gasteiger partial charge in [0.05, 0.1) is 36.3 Å². The van der Waals surface area contributed by atoms with Gasteiger partial charge in [-0.1, -0.05) is 0 Å². The van der Waals surface area contributed by atoms with Crippen molar-refractivity contribution in [3.63, 3.8) is 0 Å². The molecule has 0 aliphatic rings. The molecule has 0 aliphatic heterocycles. The Morgan fingerprint density at radius 3 is 2.48 bits per heavy atom. The number of anilines is 4. The molecule has 208 valence electrons. The topological polar surface area (TPSA) is 162 Å². The molecule has 14 heteroatoms. The molecule has 4 rings (SSSR count). The summed E-state index contributed by atoms with van der Waals surface area (Å²) in [6.45, 7) is 2.29. The highest BCUT2D eigenvalue weighted by atomic mass is 19.1. The highest BCUT2D eigenvalue weighted by Crippen LogP contribution is 2.39. The van der Waals surface area contributed by atoms with Crippen molar-refractivity contribution in [1.29, 1.82) is 0 Å². The van der Waals surface area contributed by atoms with E-state index in [1.807, 2.05) is 6.92 Å². The maximum atomic E-state index is 14.9. The number of amides is 2. The summed E-state index contributed by atoms with van der Waals surface area (Å²) in [4.78, 5) is 30.3. The minimum absolute atomic E-state index is 0.0490. The van der Waals surface area contributed by atoms with Gasteiger partial charge in [-0.2, -0.15) is 5.10 Å². The highest BCUT2D eigenvalue weighted by Gasteiger charge is 2.22. The molecule has 4 N–H and O–H groups in total. The maximum Gasteiger partial charge on any atom is 0.271 e. The van der Waals surface area contributed by atoms with Crippen LogP contribution in [0.2, 0.25) is 0 Å². The zero-order valence-electron chi connectivity index (χ0n) is 22.5. The number of rotatable bonds is 10. The van der Waals surface area contributed by atoms with Crippen LogP contribution in [0.15, 0.2) is 42.6 Å². The summed E-state index contributed by atoms with van der Waals surface area (Å²) >= 11 is 0. The van der Waals surface area contributed by atoms with E-state index in [9.17, 15) is 14.0 Å². The molecule has 2 amide bonds. The van der Waals surface area contributed by atoms with Crippen LogP contribution >= 0.6 is 0 Å². The molecular formula is C26H28FN9O4. The van der Waals surface area contributed by atoms with Crippen molar-refractivity contribution in [2.75, 3.05) is 38.4 Å². The van der Waals surface area contributed by atoms with E-state index < -0.39 is 11.7 Å². The number of halogens is 1. The molecule has 3 aromatic heterocycles. The lowest BCUT2D eigenvalue weighted by atomic mass is 10.1. The van der Waals surface area contributed by atoms with Gasteiger partial charge in [0, 0.05) is 51.1 Å². The lowest BCUT2D eigenvalue weighted by molar-refractivity contribution is 0.0816. The minimum atomic E-state index is -0.755. The van der Waals surface area contributed by atoms with Crippen LogP contribution in [-0.4, -0.2) is 69.5 Å². The molecule has 1 aromatic carbocycles. The van der Waals surface area contributed by atoms with Crippen LogP contribution in [0.5, 0.6) is 11.6 Å². The van der Waals surface area contributed by atoms with E-state index in [1.165, 1.54) is 41.1 Å². The van der Waals surface area contributed by atoms with Crippen LogP contribution in [0.3, 0.4) is 0 Å². The third-order valence-electron chi connectivity index (χ3n) is 5.67. The maximum absolute atomic E-state index is 14.9. The number of benzene rings is 1. The van der Waals surface area contributed by atoms with E-state index in [0.29, 0.717) is 35.5 Å². The monoisotopic (exact) mass is 549 g/mol. The Kier molecular flexibility index (Phi) is 8.07. The lowest BCUT2D eigenvalue weighted by Gasteiger charge is -2.17. The van der Waals surface area contributed by atoms with E-state index >= 15 is 0 Å². The molecule has 4 aromatic rings. The first-order valence-corrected chi connectivity index (χ1v) is 12.0. The van der Waals surface area contributed by atoms with Crippen LogP contribution in [0.25, 0.3) is 11.3 Å². The molecule has 40 heavy (non-hydrogen) atoms. The van der Waals surface area contributed by atoms with Crippen molar-refractivity contribution in [3.05, 3.63) is 59.7 Å².